The number of rotatable bonds is 6. The third-order valence-electron chi connectivity index (χ3n) is 3.73. The molecule has 0 saturated carbocycles. The quantitative estimate of drug-likeness (QED) is 0.645. The van der Waals surface area contributed by atoms with Crippen LogP contribution < -0.4 is 0 Å². The van der Waals surface area contributed by atoms with E-state index in [0.29, 0.717) is 6.54 Å². The minimum atomic E-state index is -0.664. The average molecular weight is 303 g/mol. The molecule has 1 heterocycles. The molecule has 0 spiro atoms. The van der Waals surface area contributed by atoms with Gasteiger partial charge in [0.05, 0.1) is 6.04 Å². The van der Waals surface area contributed by atoms with Gasteiger partial charge in [0.1, 0.15) is 12.2 Å². The second kappa shape index (κ2) is 7.20. The summed E-state index contributed by atoms with van der Waals surface area (Å²) in [6.45, 7) is 9.82. The lowest BCUT2D eigenvalue weighted by Crippen LogP contribution is -2.43. The second-order valence-electron chi connectivity index (χ2n) is 6.01. The summed E-state index contributed by atoms with van der Waals surface area (Å²) in [6.07, 6.45) is 5.00. The van der Waals surface area contributed by atoms with E-state index in [2.05, 4.69) is 6.58 Å². The van der Waals surface area contributed by atoms with Crippen LogP contribution in [-0.2, 0) is 16.0 Å². The Balaban J connectivity index is 2.06. The highest BCUT2D eigenvalue weighted by Crippen LogP contribution is 2.32. The summed E-state index contributed by atoms with van der Waals surface area (Å²) in [4.78, 5) is 0. The molecule has 1 aromatic carbocycles. The first-order valence-corrected chi connectivity index (χ1v) is 7.57. The molecule has 0 aliphatic carbocycles. The maximum absolute atomic E-state index is 10.4. The molecule has 0 unspecified atom stereocenters. The Bertz CT molecular complexity index is 512. The van der Waals surface area contributed by atoms with Gasteiger partial charge in [-0.1, -0.05) is 55.1 Å². The fourth-order valence-electron chi connectivity index (χ4n) is 2.61. The van der Waals surface area contributed by atoms with Crippen LogP contribution in [-0.4, -0.2) is 34.3 Å². The number of ether oxygens (including phenoxy) is 2. The molecule has 3 atom stereocenters. The van der Waals surface area contributed by atoms with Gasteiger partial charge in [-0.15, -0.1) is 0 Å². The van der Waals surface area contributed by atoms with Gasteiger partial charge in [-0.3, -0.25) is 0 Å². The van der Waals surface area contributed by atoms with Crippen LogP contribution >= 0.6 is 0 Å². The lowest BCUT2D eigenvalue weighted by atomic mass is 10.1. The van der Waals surface area contributed by atoms with E-state index in [1.165, 1.54) is 5.06 Å². The van der Waals surface area contributed by atoms with Crippen LogP contribution in [0.5, 0.6) is 0 Å². The van der Waals surface area contributed by atoms with E-state index in [9.17, 15) is 5.21 Å². The molecule has 0 radical (unpaired) electrons. The van der Waals surface area contributed by atoms with Gasteiger partial charge in [-0.25, -0.2) is 0 Å². The van der Waals surface area contributed by atoms with Crippen molar-refractivity contribution in [3.8, 4) is 0 Å². The van der Waals surface area contributed by atoms with E-state index in [1.54, 1.807) is 6.08 Å². The van der Waals surface area contributed by atoms with Crippen LogP contribution in [0.15, 0.2) is 55.1 Å². The topological polar surface area (TPSA) is 41.9 Å². The Labute approximate surface area is 132 Å². The third kappa shape index (κ3) is 4.27. The Hall–Kier alpha value is -1.46. The summed E-state index contributed by atoms with van der Waals surface area (Å²) in [5.74, 6) is -0.664. The van der Waals surface area contributed by atoms with Crippen molar-refractivity contribution in [3.63, 3.8) is 0 Å². The molecule has 2 rings (SSSR count). The van der Waals surface area contributed by atoms with Gasteiger partial charge in [0.25, 0.3) is 0 Å². The van der Waals surface area contributed by atoms with E-state index in [-0.39, 0.29) is 18.2 Å². The van der Waals surface area contributed by atoms with Gasteiger partial charge in [-0.05, 0) is 26.3 Å². The van der Waals surface area contributed by atoms with Crippen molar-refractivity contribution in [1.29, 1.82) is 0 Å². The summed E-state index contributed by atoms with van der Waals surface area (Å²) in [5.41, 5.74) is 1.05. The predicted molar refractivity (Wildman–Crippen MR) is 86.4 cm³/mol. The number of benzene rings is 1. The molecule has 1 aliphatic heterocycles. The van der Waals surface area contributed by atoms with Gasteiger partial charge < -0.3 is 14.7 Å². The molecule has 4 nitrogen and oxygen atoms in total. The minimum Gasteiger partial charge on any atom is -0.342 e. The van der Waals surface area contributed by atoms with E-state index >= 15 is 0 Å². The number of hydrogen-bond donors (Lipinski definition) is 1. The van der Waals surface area contributed by atoms with Crippen molar-refractivity contribution < 1.29 is 14.7 Å². The van der Waals surface area contributed by atoms with E-state index in [4.69, 9.17) is 9.47 Å². The molecule has 4 heteroatoms. The zero-order chi connectivity index (χ0) is 16.2. The molecule has 1 N–H and O–H groups in total. The Morgan fingerprint density at radius 2 is 2.00 bits per heavy atom. The molecule has 1 saturated heterocycles. The molecule has 1 fully saturated rings. The highest BCUT2D eigenvalue weighted by atomic mass is 16.8. The van der Waals surface area contributed by atoms with E-state index in [0.717, 1.165) is 5.56 Å². The van der Waals surface area contributed by atoms with E-state index in [1.807, 2.05) is 63.3 Å². The number of nitrogens with zero attached hydrogens (tertiary/aromatic N) is 1. The van der Waals surface area contributed by atoms with Crippen molar-refractivity contribution in [2.45, 2.75) is 51.4 Å². The number of allylic oxidation sites excluding steroid dienone is 2. The summed E-state index contributed by atoms with van der Waals surface area (Å²) < 4.78 is 11.9. The maximum Gasteiger partial charge on any atom is 0.164 e. The third-order valence-corrected chi connectivity index (χ3v) is 3.73. The zero-order valence-electron chi connectivity index (χ0n) is 13.5. The monoisotopic (exact) mass is 303 g/mol. The molecule has 1 aromatic rings. The average Bonchev–Trinajstić information content (AvgIpc) is 2.80. The van der Waals surface area contributed by atoms with Crippen LogP contribution in [0.25, 0.3) is 0 Å². The fourth-order valence-corrected chi connectivity index (χ4v) is 2.61. The number of hydrogen-bond acceptors (Lipinski definition) is 4. The van der Waals surface area contributed by atoms with Crippen LogP contribution in [0, 0.1) is 0 Å². The standard InChI is InChI=1S/C18H25NO3/c1-5-6-12-16-17(22-18(3,4)21-16)14(2)19(20)13-15-10-8-7-9-11-15/h5-12,14,16-17,20H,1,13H2,2-4H3/b12-6+/t14-,16+,17-/m1/s1. The van der Waals surface area contributed by atoms with Crippen LogP contribution in [0.4, 0.5) is 0 Å². The highest BCUT2D eigenvalue weighted by molar-refractivity contribution is 5.14. The second-order valence-corrected chi connectivity index (χ2v) is 6.01. The minimum absolute atomic E-state index is 0.207. The first-order valence-electron chi connectivity index (χ1n) is 7.57. The number of hydroxylamine groups is 2. The van der Waals surface area contributed by atoms with Crippen molar-refractivity contribution in [3.05, 3.63) is 60.7 Å². The lowest BCUT2D eigenvalue weighted by molar-refractivity contribution is -0.184. The summed E-state index contributed by atoms with van der Waals surface area (Å²) >= 11 is 0. The van der Waals surface area contributed by atoms with Crippen molar-refractivity contribution in [2.75, 3.05) is 0 Å². The fraction of sp³-hybridized carbons (Fsp3) is 0.444. The Kier molecular flexibility index (Phi) is 5.53. The largest absolute Gasteiger partial charge is 0.342 e. The van der Waals surface area contributed by atoms with Crippen LogP contribution in [0.3, 0.4) is 0 Å². The summed E-state index contributed by atoms with van der Waals surface area (Å²) in [6, 6.07) is 9.65. The first-order chi connectivity index (χ1) is 10.4. The highest BCUT2D eigenvalue weighted by Gasteiger charge is 2.44. The molecular weight excluding hydrogens is 278 g/mol. The lowest BCUT2D eigenvalue weighted by Gasteiger charge is -2.29. The van der Waals surface area contributed by atoms with Gasteiger partial charge in [0.15, 0.2) is 5.79 Å². The molecule has 0 aromatic heterocycles. The molecule has 120 valence electrons. The van der Waals surface area contributed by atoms with Crippen molar-refractivity contribution in [2.24, 2.45) is 0 Å². The van der Waals surface area contributed by atoms with Crippen LogP contribution in [0.2, 0.25) is 0 Å². The molecule has 0 amide bonds. The van der Waals surface area contributed by atoms with Crippen molar-refractivity contribution in [1.82, 2.24) is 5.06 Å². The van der Waals surface area contributed by atoms with Gasteiger partial charge in [0.2, 0.25) is 0 Å². The smallest absolute Gasteiger partial charge is 0.164 e. The molecular formula is C18H25NO3. The van der Waals surface area contributed by atoms with E-state index < -0.39 is 5.79 Å². The predicted octanol–water partition coefficient (Wildman–Crippen LogP) is 3.53. The summed E-state index contributed by atoms with van der Waals surface area (Å²) in [7, 11) is 0. The normalized spacial score (nSPS) is 25.7. The first kappa shape index (κ1) is 16.9. The van der Waals surface area contributed by atoms with Crippen LogP contribution in [0.1, 0.15) is 26.3 Å². The SMILES string of the molecule is C=C/C=C/[C@@H]1OC(C)(C)O[C@@H]1[C@@H](C)N(O)Cc1ccccc1. The maximum atomic E-state index is 10.4. The van der Waals surface area contributed by atoms with Gasteiger partial charge in [-0.2, -0.15) is 5.06 Å². The summed E-state index contributed by atoms with van der Waals surface area (Å²) in [5, 5.41) is 11.7. The van der Waals surface area contributed by atoms with Crippen molar-refractivity contribution >= 4 is 0 Å². The Morgan fingerprint density at radius 1 is 1.32 bits per heavy atom. The molecule has 22 heavy (non-hydrogen) atoms. The zero-order valence-corrected chi connectivity index (χ0v) is 13.5. The van der Waals surface area contributed by atoms with Gasteiger partial charge >= 0.3 is 0 Å². The molecule has 0 bridgehead atoms. The molecule has 1 aliphatic rings. The Morgan fingerprint density at radius 3 is 2.64 bits per heavy atom. The van der Waals surface area contributed by atoms with Gasteiger partial charge in [0, 0.05) is 6.54 Å².